The average Bonchev–Trinajstić information content (AvgIpc) is 3.59. The molecule has 2 rings (SSSR count). The standard InChI is InChI=1S/C29H45N3O6/c1-18(2)13-22(25(33)29(7)17-38-29)30-26(34)23(14-19(3)4)31-27(35)24(15-20(5)6)32-28(36)37-16-21-11-9-8-10-12-21/h8-12,18-20,22-24H,13-17H2,1-7H3,(H,30,34)(H,31,35)(H,32,36). The summed E-state index contributed by atoms with van der Waals surface area (Å²) in [4.78, 5) is 52.1. The van der Waals surface area contributed by atoms with Crippen LogP contribution in [0.2, 0.25) is 0 Å². The van der Waals surface area contributed by atoms with Gasteiger partial charge in [0.1, 0.15) is 24.3 Å². The van der Waals surface area contributed by atoms with E-state index in [2.05, 4.69) is 16.0 Å². The number of carbonyl (C=O) groups is 4. The fraction of sp³-hybridized carbons (Fsp3) is 0.655. The summed E-state index contributed by atoms with van der Waals surface area (Å²) in [6.45, 7) is 13.9. The van der Waals surface area contributed by atoms with E-state index in [4.69, 9.17) is 9.47 Å². The molecule has 1 aromatic rings. The molecule has 1 heterocycles. The summed E-state index contributed by atoms with van der Waals surface area (Å²) in [6.07, 6.45) is 0.504. The van der Waals surface area contributed by atoms with Crippen molar-refractivity contribution in [2.45, 2.75) is 98.1 Å². The minimum absolute atomic E-state index is 0.0783. The van der Waals surface area contributed by atoms with Crippen LogP contribution in [-0.2, 0) is 30.5 Å². The highest BCUT2D eigenvalue weighted by Crippen LogP contribution is 2.29. The molecule has 1 saturated heterocycles. The molecule has 0 bridgehead atoms. The number of ether oxygens (including phenoxy) is 2. The molecule has 0 aliphatic carbocycles. The minimum atomic E-state index is -0.882. The first-order chi connectivity index (χ1) is 17.8. The largest absolute Gasteiger partial charge is 0.445 e. The fourth-order valence-corrected chi connectivity index (χ4v) is 4.18. The highest BCUT2D eigenvalue weighted by Gasteiger charge is 2.50. The van der Waals surface area contributed by atoms with Crippen LogP contribution in [0.1, 0.15) is 73.3 Å². The van der Waals surface area contributed by atoms with Crippen molar-refractivity contribution >= 4 is 23.7 Å². The number of ketones is 1. The van der Waals surface area contributed by atoms with Crippen LogP contribution in [0, 0.1) is 17.8 Å². The summed E-state index contributed by atoms with van der Waals surface area (Å²) < 4.78 is 10.6. The number of hydrogen-bond acceptors (Lipinski definition) is 6. The highest BCUT2D eigenvalue weighted by atomic mass is 16.6. The van der Waals surface area contributed by atoms with Gasteiger partial charge < -0.3 is 25.4 Å². The van der Waals surface area contributed by atoms with Crippen molar-refractivity contribution in [3.8, 4) is 0 Å². The lowest BCUT2D eigenvalue weighted by Crippen LogP contribution is -2.57. The van der Waals surface area contributed by atoms with Crippen LogP contribution >= 0.6 is 0 Å². The molecule has 3 amide bonds. The molecule has 1 aromatic carbocycles. The van der Waals surface area contributed by atoms with Gasteiger partial charge in [-0.3, -0.25) is 14.4 Å². The van der Waals surface area contributed by atoms with Crippen LogP contribution in [0.15, 0.2) is 30.3 Å². The number of nitrogens with one attached hydrogen (secondary N) is 3. The minimum Gasteiger partial charge on any atom is -0.445 e. The first-order valence-corrected chi connectivity index (χ1v) is 13.6. The van der Waals surface area contributed by atoms with Crippen LogP contribution < -0.4 is 16.0 Å². The lowest BCUT2D eigenvalue weighted by Gasteiger charge is -2.27. The Hall–Kier alpha value is -2.94. The molecule has 212 valence electrons. The molecular weight excluding hydrogens is 486 g/mol. The smallest absolute Gasteiger partial charge is 0.408 e. The molecule has 4 unspecified atom stereocenters. The summed E-state index contributed by atoms with van der Waals surface area (Å²) in [7, 11) is 0. The van der Waals surface area contributed by atoms with Gasteiger partial charge in [-0.15, -0.1) is 0 Å². The maximum atomic E-state index is 13.4. The van der Waals surface area contributed by atoms with Crippen LogP contribution in [0.3, 0.4) is 0 Å². The van der Waals surface area contributed by atoms with Gasteiger partial charge in [0, 0.05) is 0 Å². The molecule has 1 aliphatic rings. The van der Waals surface area contributed by atoms with Crippen molar-refractivity contribution in [2.24, 2.45) is 17.8 Å². The number of hydrogen-bond donors (Lipinski definition) is 3. The zero-order chi connectivity index (χ0) is 28.5. The maximum absolute atomic E-state index is 13.4. The summed E-state index contributed by atoms with van der Waals surface area (Å²) in [5.74, 6) is -0.682. The van der Waals surface area contributed by atoms with E-state index in [1.165, 1.54) is 0 Å². The number of epoxide rings is 1. The Kier molecular flexibility index (Phi) is 11.8. The predicted molar refractivity (Wildman–Crippen MR) is 145 cm³/mol. The molecule has 38 heavy (non-hydrogen) atoms. The van der Waals surface area contributed by atoms with Crippen molar-refractivity contribution in [1.29, 1.82) is 0 Å². The first-order valence-electron chi connectivity index (χ1n) is 13.6. The molecule has 3 N–H and O–H groups in total. The van der Waals surface area contributed by atoms with Gasteiger partial charge in [0.05, 0.1) is 12.6 Å². The van der Waals surface area contributed by atoms with Crippen LogP contribution in [-0.4, -0.2) is 54.0 Å². The third-order valence-corrected chi connectivity index (χ3v) is 6.31. The van der Waals surface area contributed by atoms with Crippen molar-refractivity contribution in [3.05, 3.63) is 35.9 Å². The van der Waals surface area contributed by atoms with Gasteiger partial charge in [0.25, 0.3) is 0 Å². The lowest BCUT2D eigenvalue weighted by molar-refractivity contribution is -0.134. The number of rotatable bonds is 15. The second-order valence-corrected chi connectivity index (χ2v) is 11.7. The van der Waals surface area contributed by atoms with Crippen LogP contribution in [0.5, 0.6) is 0 Å². The Morgan fingerprint density at radius 2 is 1.24 bits per heavy atom. The van der Waals surface area contributed by atoms with E-state index in [-0.39, 0.29) is 30.1 Å². The average molecular weight is 532 g/mol. The Balaban J connectivity index is 2.09. The Morgan fingerprint density at radius 1 is 0.789 bits per heavy atom. The summed E-state index contributed by atoms with van der Waals surface area (Å²) in [5, 5.41) is 8.34. The zero-order valence-corrected chi connectivity index (χ0v) is 23.8. The molecule has 1 fully saturated rings. The van der Waals surface area contributed by atoms with Gasteiger partial charge in [0.2, 0.25) is 11.8 Å². The molecule has 9 nitrogen and oxygen atoms in total. The molecule has 0 aromatic heterocycles. The van der Waals surface area contributed by atoms with Gasteiger partial charge in [0.15, 0.2) is 5.78 Å². The molecule has 4 atom stereocenters. The summed E-state index contributed by atoms with van der Waals surface area (Å²) in [5.41, 5.74) is -0.0344. The molecule has 0 radical (unpaired) electrons. The second-order valence-electron chi connectivity index (χ2n) is 11.7. The molecular formula is C29H45N3O6. The van der Waals surface area contributed by atoms with Gasteiger partial charge in [-0.05, 0) is 49.5 Å². The van der Waals surface area contributed by atoms with E-state index < -0.39 is 41.6 Å². The van der Waals surface area contributed by atoms with E-state index in [1.807, 2.05) is 71.9 Å². The zero-order valence-electron chi connectivity index (χ0n) is 23.8. The number of carbonyl (C=O) groups excluding carboxylic acids is 4. The van der Waals surface area contributed by atoms with E-state index in [1.54, 1.807) is 6.92 Å². The van der Waals surface area contributed by atoms with Crippen LogP contribution in [0.25, 0.3) is 0 Å². The Morgan fingerprint density at radius 3 is 1.71 bits per heavy atom. The van der Waals surface area contributed by atoms with Crippen LogP contribution in [0.4, 0.5) is 4.79 Å². The Labute approximate surface area is 226 Å². The fourth-order valence-electron chi connectivity index (χ4n) is 4.18. The predicted octanol–water partition coefficient (Wildman–Crippen LogP) is 3.75. The molecule has 0 spiro atoms. The van der Waals surface area contributed by atoms with E-state index in [9.17, 15) is 19.2 Å². The second kappa shape index (κ2) is 14.3. The Bertz CT molecular complexity index is 943. The molecule has 0 saturated carbocycles. The number of benzene rings is 1. The van der Waals surface area contributed by atoms with E-state index >= 15 is 0 Å². The quantitative estimate of drug-likeness (QED) is 0.296. The van der Waals surface area contributed by atoms with Gasteiger partial charge in [-0.2, -0.15) is 0 Å². The van der Waals surface area contributed by atoms with E-state index in [0.717, 1.165) is 5.56 Å². The van der Waals surface area contributed by atoms with Gasteiger partial charge >= 0.3 is 6.09 Å². The molecule has 9 heteroatoms. The highest BCUT2D eigenvalue weighted by molar-refractivity contribution is 5.98. The van der Waals surface area contributed by atoms with Gasteiger partial charge in [-0.25, -0.2) is 4.79 Å². The van der Waals surface area contributed by atoms with Crippen molar-refractivity contribution in [1.82, 2.24) is 16.0 Å². The van der Waals surface area contributed by atoms with Gasteiger partial charge in [-0.1, -0.05) is 71.9 Å². The number of amides is 3. The maximum Gasteiger partial charge on any atom is 0.408 e. The van der Waals surface area contributed by atoms with Crippen molar-refractivity contribution in [2.75, 3.05) is 6.61 Å². The van der Waals surface area contributed by atoms with E-state index in [0.29, 0.717) is 25.9 Å². The monoisotopic (exact) mass is 531 g/mol. The number of Topliss-reactive ketones (excluding diaryl/α,β-unsaturated/α-hetero) is 1. The normalized spacial score (nSPS) is 19.0. The first kappa shape index (κ1) is 31.3. The van der Waals surface area contributed by atoms with Crippen molar-refractivity contribution < 1.29 is 28.7 Å². The third-order valence-electron chi connectivity index (χ3n) is 6.31. The summed E-state index contributed by atoms with van der Waals surface area (Å²) >= 11 is 0. The topological polar surface area (TPSA) is 126 Å². The van der Waals surface area contributed by atoms with Crippen molar-refractivity contribution in [3.63, 3.8) is 0 Å². The summed E-state index contributed by atoms with van der Waals surface area (Å²) in [6, 6.07) is 6.80. The molecule has 1 aliphatic heterocycles. The lowest BCUT2D eigenvalue weighted by atomic mass is 9.92. The third kappa shape index (κ3) is 10.4. The SMILES string of the molecule is CC(C)CC(NC(=O)OCc1ccccc1)C(=O)NC(CC(C)C)C(=O)NC(CC(C)C)C(=O)C1(C)CO1. The number of alkyl carbamates (subject to hydrolysis) is 1.